The molecule has 5 rings (SSSR count). The van der Waals surface area contributed by atoms with Crippen LogP contribution in [0.5, 0.6) is 0 Å². The number of morpholine rings is 1. The fraction of sp³-hybridized carbons (Fsp3) is 0.615. The molecule has 172 valence electrons. The van der Waals surface area contributed by atoms with Crippen molar-refractivity contribution in [3.8, 4) is 0 Å². The van der Waals surface area contributed by atoms with Crippen LogP contribution < -0.4 is 4.90 Å². The summed E-state index contributed by atoms with van der Waals surface area (Å²) in [4.78, 5) is 22.7. The number of amides is 1. The van der Waals surface area contributed by atoms with Gasteiger partial charge in [-0.05, 0) is 61.4 Å². The van der Waals surface area contributed by atoms with Gasteiger partial charge in [0.15, 0.2) is 0 Å². The Balaban J connectivity index is 1.52. The lowest BCUT2D eigenvalue weighted by Crippen LogP contribution is -2.41. The highest BCUT2D eigenvalue weighted by Crippen LogP contribution is 2.31. The van der Waals surface area contributed by atoms with Crippen LogP contribution in [0, 0.1) is 5.92 Å². The second-order valence-electron chi connectivity index (χ2n) is 9.75. The monoisotopic (exact) mass is 437 g/mol. The van der Waals surface area contributed by atoms with Crippen molar-refractivity contribution in [2.24, 2.45) is 5.92 Å². The first-order valence-corrected chi connectivity index (χ1v) is 12.3. The van der Waals surface area contributed by atoms with Gasteiger partial charge in [-0.2, -0.15) is 0 Å². The van der Waals surface area contributed by atoms with Gasteiger partial charge in [-0.1, -0.05) is 13.8 Å². The summed E-state index contributed by atoms with van der Waals surface area (Å²) in [6.45, 7) is 9.09. The van der Waals surface area contributed by atoms with Crippen LogP contribution in [0.25, 0.3) is 10.9 Å². The number of rotatable bonds is 6. The third-order valence-electron chi connectivity index (χ3n) is 7.01. The first-order valence-electron chi connectivity index (χ1n) is 12.3. The average molecular weight is 438 g/mol. The molecular formula is C26H35N3O3. The first kappa shape index (κ1) is 21.7. The number of carbonyl (C=O) groups is 1. The Kier molecular flexibility index (Phi) is 6.33. The normalized spacial score (nSPS) is 20.8. The summed E-state index contributed by atoms with van der Waals surface area (Å²) in [5.74, 6) is 1.15. The molecule has 6 nitrogen and oxygen atoms in total. The maximum Gasteiger partial charge on any atom is 0.225 e. The van der Waals surface area contributed by atoms with Gasteiger partial charge in [-0.15, -0.1) is 0 Å². The molecule has 2 saturated heterocycles. The zero-order chi connectivity index (χ0) is 22.1. The van der Waals surface area contributed by atoms with E-state index >= 15 is 0 Å². The maximum atomic E-state index is 13.2. The van der Waals surface area contributed by atoms with Crippen LogP contribution in [0.3, 0.4) is 0 Å². The van der Waals surface area contributed by atoms with Crippen LogP contribution in [0.15, 0.2) is 18.2 Å². The number of aromatic nitrogens is 1. The summed E-state index contributed by atoms with van der Waals surface area (Å²) < 4.78 is 11.5. The Labute approximate surface area is 190 Å². The van der Waals surface area contributed by atoms with Crippen LogP contribution in [-0.2, 0) is 33.7 Å². The molecule has 32 heavy (non-hydrogen) atoms. The van der Waals surface area contributed by atoms with Crippen molar-refractivity contribution in [1.82, 2.24) is 9.88 Å². The number of aryl methyl sites for hydroxylation is 2. The van der Waals surface area contributed by atoms with Crippen molar-refractivity contribution < 1.29 is 14.3 Å². The largest absolute Gasteiger partial charge is 0.378 e. The third-order valence-corrected chi connectivity index (χ3v) is 7.01. The standard InChI is InChI=1S/C26H35N3O3/c1-18(2)26(30)29(17-23-7-4-10-32-23)16-22-14-21-13-19-5-3-6-20(19)15-24(21)27-25(22)28-8-11-31-12-9-28/h13-15,18,23H,3-12,16-17H2,1-2H3/t23-/m0/s1. The fourth-order valence-corrected chi connectivity index (χ4v) is 5.28. The van der Waals surface area contributed by atoms with Crippen LogP contribution in [-0.4, -0.2) is 61.3 Å². The zero-order valence-electron chi connectivity index (χ0n) is 19.4. The van der Waals surface area contributed by atoms with Gasteiger partial charge >= 0.3 is 0 Å². The molecule has 0 saturated carbocycles. The highest BCUT2D eigenvalue weighted by Gasteiger charge is 2.27. The Morgan fingerprint density at radius 1 is 1.12 bits per heavy atom. The minimum Gasteiger partial charge on any atom is -0.378 e. The molecule has 0 radical (unpaired) electrons. The molecule has 3 heterocycles. The quantitative estimate of drug-likeness (QED) is 0.689. The summed E-state index contributed by atoms with van der Waals surface area (Å²) in [5, 5.41) is 1.19. The third kappa shape index (κ3) is 4.48. The Morgan fingerprint density at radius 3 is 2.62 bits per heavy atom. The molecule has 1 atom stereocenters. The SMILES string of the molecule is CC(C)C(=O)N(Cc1cc2cc3c(cc2nc1N1CCOCC1)CCC3)C[C@@H]1CCCO1. The summed E-state index contributed by atoms with van der Waals surface area (Å²) in [6, 6.07) is 6.89. The Hall–Kier alpha value is -2.18. The Morgan fingerprint density at radius 2 is 1.91 bits per heavy atom. The molecule has 0 spiro atoms. The smallest absolute Gasteiger partial charge is 0.225 e. The van der Waals surface area contributed by atoms with E-state index in [4.69, 9.17) is 14.5 Å². The first-order chi connectivity index (χ1) is 15.6. The summed E-state index contributed by atoms with van der Waals surface area (Å²) in [6.07, 6.45) is 5.78. The number of pyridine rings is 1. The number of ether oxygens (including phenoxy) is 2. The van der Waals surface area contributed by atoms with Gasteiger partial charge in [0, 0.05) is 49.7 Å². The topological polar surface area (TPSA) is 54.9 Å². The number of hydrogen-bond acceptors (Lipinski definition) is 5. The molecule has 1 aromatic heterocycles. The molecule has 1 amide bonds. The molecule has 0 bridgehead atoms. The number of benzene rings is 1. The fourth-order valence-electron chi connectivity index (χ4n) is 5.28. The highest BCUT2D eigenvalue weighted by atomic mass is 16.5. The zero-order valence-corrected chi connectivity index (χ0v) is 19.4. The maximum absolute atomic E-state index is 13.2. The van der Waals surface area contributed by atoms with E-state index in [0.29, 0.717) is 26.3 Å². The molecule has 3 aliphatic rings. The second kappa shape index (κ2) is 9.36. The van der Waals surface area contributed by atoms with E-state index in [1.807, 2.05) is 18.7 Å². The second-order valence-corrected chi connectivity index (χ2v) is 9.75. The van der Waals surface area contributed by atoms with Gasteiger partial charge in [0.05, 0.1) is 24.8 Å². The minimum absolute atomic E-state index is 0.0417. The predicted molar refractivity (Wildman–Crippen MR) is 126 cm³/mol. The van der Waals surface area contributed by atoms with E-state index < -0.39 is 0 Å². The number of hydrogen-bond donors (Lipinski definition) is 0. The summed E-state index contributed by atoms with van der Waals surface area (Å²) in [5.41, 5.74) is 5.10. The van der Waals surface area contributed by atoms with Gasteiger partial charge in [0.25, 0.3) is 0 Å². The molecular weight excluding hydrogens is 402 g/mol. The molecule has 6 heteroatoms. The van der Waals surface area contributed by atoms with Gasteiger partial charge in [0.1, 0.15) is 5.82 Å². The van der Waals surface area contributed by atoms with Gasteiger partial charge in [-0.25, -0.2) is 4.98 Å². The van der Waals surface area contributed by atoms with Crippen molar-refractivity contribution in [3.05, 3.63) is 34.9 Å². The number of anilines is 1. The predicted octanol–water partition coefficient (Wildman–Crippen LogP) is 3.72. The number of carbonyl (C=O) groups excluding carboxylic acids is 1. The van der Waals surface area contributed by atoms with Gasteiger partial charge < -0.3 is 19.3 Å². The van der Waals surface area contributed by atoms with Crippen LogP contribution >= 0.6 is 0 Å². The average Bonchev–Trinajstić information content (AvgIpc) is 3.48. The van der Waals surface area contributed by atoms with E-state index in [1.165, 1.54) is 22.9 Å². The van der Waals surface area contributed by atoms with E-state index in [0.717, 1.165) is 62.3 Å². The van der Waals surface area contributed by atoms with E-state index in [9.17, 15) is 4.79 Å². The molecule has 2 aliphatic heterocycles. The Bertz CT molecular complexity index is 978. The van der Waals surface area contributed by atoms with Crippen LogP contribution in [0.4, 0.5) is 5.82 Å². The van der Waals surface area contributed by atoms with E-state index in [-0.39, 0.29) is 17.9 Å². The van der Waals surface area contributed by atoms with Gasteiger partial charge in [0.2, 0.25) is 5.91 Å². The lowest BCUT2D eigenvalue weighted by atomic mass is 10.0. The van der Waals surface area contributed by atoms with Crippen molar-refractivity contribution in [3.63, 3.8) is 0 Å². The summed E-state index contributed by atoms with van der Waals surface area (Å²) in [7, 11) is 0. The van der Waals surface area contributed by atoms with Crippen molar-refractivity contribution >= 4 is 22.6 Å². The number of fused-ring (bicyclic) bond motifs is 2. The van der Waals surface area contributed by atoms with Crippen molar-refractivity contribution in [1.29, 1.82) is 0 Å². The number of nitrogens with zero attached hydrogens (tertiary/aromatic N) is 3. The van der Waals surface area contributed by atoms with E-state index in [2.05, 4.69) is 23.1 Å². The van der Waals surface area contributed by atoms with E-state index in [1.54, 1.807) is 0 Å². The highest BCUT2D eigenvalue weighted by molar-refractivity contribution is 5.84. The van der Waals surface area contributed by atoms with Crippen molar-refractivity contribution in [2.45, 2.75) is 58.6 Å². The minimum atomic E-state index is -0.0417. The molecule has 1 aliphatic carbocycles. The van der Waals surface area contributed by atoms with Crippen LogP contribution in [0.1, 0.15) is 49.8 Å². The molecule has 2 fully saturated rings. The molecule has 0 N–H and O–H groups in total. The molecule has 1 aromatic carbocycles. The van der Waals surface area contributed by atoms with Crippen LogP contribution in [0.2, 0.25) is 0 Å². The lowest BCUT2D eigenvalue weighted by molar-refractivity contribution is -0.136. The lowest BCUT2D eigenvalue weighted by Gasteiger charge is -2.32. The van der Waals surface area contributed by atoms with Gasteiger partial charge in [-0.3, -0.25) is 4.79 Å². The summed E-state index contributed by atoms with van der Waals surface area (Å²) >= 11 is 0. The molecule has 0 unspecified atom stereocenters. The van der Waals surface area contributed by atoms with Crippen molar-refractivity contribution in [2.75, 3.05) is 44.4 Å². The molecule has 2 aromatic rings.